The fourth-order valence-corrected chi connectivity index (χ4v) is 1.91. The molecule has 1 aromatic heterocycles. The quantitative estimate of drug-likeness (QED) is 0.630. The molecule has 0 fully saturated rings. The zero-order chi connectivity index (χ0) is 17.7. The van der Waals surface area contributed by atoms with Crippen LogP contribution in [0.3, 0.4) is 0 Å². The van der Waals surface area contributed by atoms with Crippen molar-refractivity contribution in [2.45, 2.75) is 19.4 Å². The van der Waals surface area contributed by atoms with Crippen LogP contribution in [-0.2, 0) is 0 Å². The van der Waals surface area contributed by atoms with Crippen LogP contribution in [0.4, 0.5) is 0 Å². The van der Waals surface area contributed by atoms with Crippen molar-refractivity contribution in [2.75, 3.05) is 13.7 Å². The van der Waals surface area contributed by atoms with E-state index in [0.29, 0.717) is 22.7 Å². The lowest BCUT2D eigenvalue weighted by Crippen LogP contribution is -2.38. The number of hydrogen-bond donors (Lipinski definition) is 3. The second kappa shape index (κ2) is 7.42. The lowest BCUT2D eigenvalue weighted by molar-refractivity contribution is 0.0276. The van der Waals surface area contributed by atoms with Gasteiger partial charge in [0.05, 0.1) is 12.7 Å². The van der Waals surface area contributed by atoms with Crippen LogP contribution in [0.15, 0.2) is 41.3 Å². The Morgan fingerprint density at radius 2 is 1.96 bits per heavy atom. The number of ether oxygens (including phenoxy) is 2. The molecule has 8 heteroatoms. The highest BCUT2D eigenvalue weighted by Gasteiger charge is 2.20. The van der Waals surface area contributed by atoms with Gasteiger partial charge in [0.2, 0.25) is 5.56 Å². The summed E-state index contributed by atoms with van der Waals surface area (Å²) < 4.78 is 16.2. The highest BCUT2D eigenvalue weighted by molar-refractivity contribution is 6.60. The molecule has 2 aromatic rings. The van der Waals surface area contributed by atoms with E-state index >= 15 is 0 Å². The Morgan fingerprint density at radius 3 is 2.58 bits per heavy atom. The van der Waals surface area contributed by atoms with Crippen molar-refractivity contribution >= 4 is 12.6 Å². The SMILES string of the molecule is COc1cc(OB(O)c2cc[nH]c(=O)c2)ccc1OCC(C)(C)O. The molecule has 0 radical (unpaired) electrons. The molecule has 0 aliphatic carbocycles. The van der Waals surface area contributed by atoms with E-state index in [9.17, 15) is 14.9 Å². The highest BCUT2D eigenvalue weighted by Crippen LogP contribution is 2.31. The highest BCUT2D eigenvalue weighted by atomic mass is 16.5. The summed E-state index contributed by atoms with van der Waals surface area (Å²) >= 11 is 0. The third-order valence-corrected chi connectivity index (χ3v) is 3.05. The molecule has 3 N–H and O–H groups in total. The number of nitrogens with one attached hydrogen (secondary N) is 1. The number of aromatic amines is 1. The van der Waals surface area contributed by atoms with Crippen LogP contribution in [0.5, 0.6) is 17.2 Å². The van der Waals surface area contributed by atoms with E-state index in [-0.39, 0.29) is 12.2 Å². The summed E-state index contributed by atoms with van der Waals surface area (Å²) in [6.07, 6.45) is 1.43. The van der Waals surface area contributed by atoms with Crippen LogP contribution in [0.1, 0.15) is 13.8 Å². The normalized spacial score (nSPS) is 11.0. The van der Waals surface area contributed by atoms with Gasteiger partial charge in [-0.1, -0.05) is 0 Å². The maximum absolute atomic E-state index is 11.3. The fourth-order valence-electron chi connectivity index (χ4n) is 1.91. The lowest BCUT2D eigenvalue weighted by atomic mass is 9.80. The van der Waals surface area contributed by atoms with Gasteiger partial charge in [0.1, 0.15) is 12.4 Å². The molecule has 0 saturated heterocycles. The Kier molecular flexibility index (Phi) is 5.53. The van der Waals surface area contributed by atoms with Gasteiger partial charge in [-0.3, -0.25) is 4.79 Å². The minimum atomic E-state index is -1.29. The molecule has 7 nitrogen and oxygen atoms in total. The monoisotopic (exact) mass is 333 g/mol. The van der Waals surface area contributed by atoms with Crippen molar-refractivity contribution in [3.05, 3.63) is 46.9 Å². The topological polar surface area (TPSA) is 101 Å². The predicted octanol–water partition coefficient (Wildman–Crippen LogP) is 0.300. The molecule has 0 aliphatic heterocycles. The Hall–Kier alpha value is -2.45. The molecular weight excluding hydrogens is 313 g/mol. The van der Waals surface area contributed by atoms with E-state index in [1.807, 2.05) is 0 Å². The molecular formula is C16H20BNO6. The van der Waals surface area contributed by atoms with Gasteiger partial charge in [0.25, 0.3) is 0 Å². The first kappa shape index (κ1) is 17.9. The smallest absolute Gasteiger partial charge is 0.532 e. The van der Waals surface area contributed by atoms with E-state index in [0.717, 1.165) is 0 Å². The van der Waals surface area contributed by atoms with Gasteiger partial charge in [-0.05, 0) is 32.0 Å². The molecule has 24 heavy (non-hydrogen) atoms. The Bertz CT molecular complexity index is 740. The summed E-state index contributed by atoms with van der Waals surface area (Å²) in [4.78, 5) is 13.7. The zero-order valence-electron chi connectivity index (χ0n) is 13.8. The number of methoxy groups -OCH3 is 1. The molecule has 0 spiro atoms. The van der Waals surface area contributed by atoms with Crippen LogP contribution in [-0.4, -0.2) is 41.6 Å². The van der Waals surface area contributed by atoms with Crippen molar-refractivity contribution in [2.24, 2.45) is 0 Å². The molecule has 0 atom stereocenters. The Morgan fingerprint density at radius 1 is 1.21 bits per heavy atom. The number of pyridine rings is 1. The van der Waals surface area contributed by atoms with E-state index in [1.165, 1.54) is 19.4 Å². The van der Waals surface area contributed by atoms with Crippen LogP contribution < -0.4 is 25.2 Å². The summed E-state index contributed by atoms with van der Waals surface area (Å²) in [7, 11) is 0.184. The van der Waals surface area contributed by atoms with E-state index in [1.54, 1.807) is 38.1 Å². The second-order valence-corrected chi connectivity index (χ2v) is 5.87. The van der Waals surface area contributed by atoms with Crippen LogP contribution >= 0.6 is 0 Å². The standard InChI is InChI=1S/C16H20BNO6/c1-16(2,20)10-23-13-5-4-12(9-14(13)22-3)24-17(21)11-6-7-18-15(19)8-11/h4-9,20-21H,10H2,1-3H3,(H,18,19). The summed E-state index contributed by atoms with van der Waals surface area (Å²) in [5, 5.41) is 19.8. The van der Waals surface area contributed by atoms with E-state index in [2.05, 4.69) is 4.98 Å². The molecule has 0 unspecified atom stereocenters. The minimum absolute atomic E-state index is 0.0962. The first-order valence-electron chi connectivity index (χ1n) is 7.35. The Balaban J connectivity index is 2.12. The van der Waals surface area contributed by atoms with E-state index < -0.39 is 12.7 Å². The van der Waals surface area contributed by atoms with Gasteiger partial charge in [-0.2, -0.15) is 0 Å². The second-order valence-electron chi connectivity index (χ2n) is 5.87. The van der Waals surface area contributed by atoms with Crippen molar-refractivity contribution in [1.82, 2.24) is 4.98 Å². The molecule has 0 bridgehead atoms. The fraction of sp³-hybridized carbons (Fsp3) is 0.312. The number of rotatable bonds is 7. The molecule has 128 valence electrons. The molecule has 0 amide bonds. The van der Waals surface area contributed by atoms with Crippen molar-refractivity contribution in [3.63, 3.8) is 0 Å². The zero-order valence-corrected chi connectivity index (χ0v) is 13.8. The summed E-state index contributed by atoms with van der Waals surface area (Å²) in [5.74, 6) is 1.18. The van der Waals surface area contributed by atoms with Crippen LogP contribution in [0.25, 0.3) is 0 Å². The largest absolute Gasteiger partial charge is 0.560 e. The predicted molar refractivity (Wildman–Crippen MR) is 90.1 cm³/mol. The Labute approximate surface area is 140 Å². The van der Waals surface area contributed by atoms with E-state index in [4.69, 9.17) is 14.1 Å². The maximum atomic E-state index is 11.3. The van der Waals surface area contributed by atoms with Gasteiger partial charge in [-0.15, -0.1) is 0 Å². The van der Waals surface area contributed by atoms with Gasteiger partial charge in [0, 0.05) is 23.8 Å². The number of H-pyrrole nitrogens is 1. The average Bonchev–Trinajstić information content (AvgIpc) is 2.52. The molecule has 2 rings (SSSR count). The third-order valence-electron chi connectivity index (χ3n) is 3.05. The molecule has 0 aliphatic rings. The van der Waals surface area contributed by atoms with Gasteiger partial charge in [0.15, 0.2) is 11.5 Å². The van der Waals surface area contributed by atoms with Gasteiger partial charge >= 0.3 is 7.12 Å². The first-order chi connectivity index (χ1) is 11.3. The third kappa shape index (κ3) is 5.04. The van der Waals surface area contributed by atoms with Gasteiger partial charge in [-0.25, -0.2) is 0 Å². The van der Waals surface area contributed by atoms with Gasteiger partial charge < -0.3 is 29.2 Å². The molecule has 1 aromatic carbocycles. The number of aromatic nitrogens is 1. The number of aliphatic hydroxyl groups is 1. The van der Waals surface area contributed by atoms with Crippen molar-refractivity contribution in [1.29, 1.82) is 0 Å². The molecule has 0 saturated carbocycles. The number of benzene rings is 1. The van der Waals surface area contributed by atoms with Crippen LogP contribution in [0.2, 0.25) is 0 Å². The minimum Gasteiger partial charge on any atom is -0.532 e. The van der Waals surface area contributed by atoms with Crippen LogP contribution in [0, 0.1) is 0 Å². The lowest BCUT2D eigenvalue weighted by Gasteiger charge is -2.19. The first-order valence-corrected chi connectivity index (χ1v) is 7.35. The number of hydrogen-bond acceptors (Lipinski definition) is 6. The average molecular weight is 333 g/mol. The summed E-state index contributed by atoms with van der Waals surface area (Å²) in [6, 6.07) is 7.56. The van der Waals surface area contributed by atoms with Crippen molar-refractivity contribution in [3.8, 4) is 17.2 Å². The summed E-state index contributed by atoms with van der Waals surface area (Å²) in [5.41, 5.74) is -0.973. The van der Waals surface area contributed by atoms with Crippen molar-refractivity contribution < 1.29 is 24.3 Å². The molecule has 1 heterocycles. The summed E-state index contributed by atoms with van der Waals surface area (Å²) in [6.45, 7) is 3.36. The maximum Gasteiger partial charge on any atom is 0.560 e.